The van der Waals surface area contributed by atoms with E-state index in [1.54, 1.807) is 19.2 Å². The highest BCUT2D eigenvalue weighted by Gasteiger charge is 2.49. The maximum Gasteiger partial charge on any atom is 0.337 e. The average molecular weight is 483 g/mol. The van der Waals surface area contributed by atoms with E-state index in [0.717, 1.165) is 52.7 Å². The van der Waals surface area contributed by atoms with Gasteiger partial charge in [-0.1, -0.05) is 12.1 Å². The molecule has 1 saturated heterocycles. The van der Waals surface area contributed by atoms with Crippen LogP contribution in [0, 0.1) is 18.8 Å². The summed E-state index contributed by atoms with van der Waals surface area (Å²) in [5.41, 5.74) is 4.95. The lowest BCUT2D eigenvalue weighted by Crippen LogP contribution is -2.45. The summed E-state index contributed by atoms with van der Waals surface area (Å²) in [7, 11) is 3.07. The minimum Gasteiger partial charge on any atom is -0.496 e. The van der Waals surface area contributed by atoms with E-state index in [1.165, 1.54) is 7.11 Å². The molecule has 2 aromatic carbocycles. The average Bonchev–Trinajstić information content (AvgIpc) is 3.34. The number of aromatic amines is 1. The number of carbonyl (C=O) groups is 1. The van der Waals surface area contributed by atoms with E-state index in [1.807, 2.05) is 18.3 Å². The SMILES string of the molecule is COC(=O)c1ccc([C@@H]2C[C@@H](C3CC(F)(F)C3)CCN2Cc2c(OC)cc(C)c3[nH]ccc23)cc1. The predicted octanol–water partition coefficient (Wildman–Crippen LogP) is 6.27. The largest absolute Gasteiger partial charge is 0.496 e. The minimum atomic E-state index is -2.51. The van der Waals surface area contributed by atoms with E-state index >= 15 is 0 Å². The van der Waals surface area contributed by atoms with Crippen LogP contribution < -0.4 is 4.74 Å². The summed E-state index contributed by atoms with van der Waals surface area (Å²) in [6.45, 7) is 3.57. The summed E-state index contributed by atoms with van der Waals surface area (Å²) in [6.07, 6.45) is 3.68. The molecule has 1 aromatic heterocycles. The lowest BCUT2D eigenvalue weighted by molar-refractivity contribution is -0.134. The molecule has 1 N–H and O–H groups in total. The zero-order valence-corrected chi connectivity index (χ0v) is 20.4. The van der Waals surface area contributed by atoms with Crippen molar-refractivity contribution >= 4 is 16.9 Å². The Morgan fingerprint density at radius 2 is 1.89 bits per heavy atom. The molecule has 5 nitrogen and oxygen atoms in total. The van der Waals surface area contributed by atoms with Crippen molar-refractivity contribution in [2.75, 3.05) is 20.8 Å². The van der Waals surface area contributed by atoms with Crippen molar-refractivity contribution in [2.24, 2.45) is 11.8 Å². The van der Waals surface area contributed by atoms with Crippen molar-refractivity contribution in [1.29, 1.82) is 0 Å². The molecule has 1 aliphatic carbocycles. The Balaban J connectivity index is 1.46. The number of ether oxygens (including phenoxy) is 2. The molecule has 0 amide bonds. The van der Waals surface area contributed by atoms with Gasteiger partial charge in [-0.15, -0.1) is 0 Å². The first-order chi connectivity index (χ1) is 16.8. The highest BCUT2D eigenvalue weighted by Crippen LogP contribution is 2.51. The molecule has 186 valence electrons. The van der Waals surface area contributed by atoms with E-state index in [4.69, 9.17) is 9.47 Å². The van der Waals surface area contributed by atoms with Crippen LogP contribution >= 0.6 is 0 Å². The van der Waals surface area contributed by atoms with Crippen molar-refractivity contribution in [3.63, 3.8) is 0 Å². The maximum absolute atomic E-state index is 13.6. The van der Waals surface area contributed by atoms with Crippen molar-refractivity contribution in [3.8, 4) is 5.75 Å². The van der Waals surface area contributed by atoms with E-state index in [-0.39, 0.29) is 36.7 Å². The Hall–Kier alpha value is -2.93. The molecule has 35 heavy (non-hydrogen) atoms. The van der Waals surface area contributed by atoms with Gasteiger partial charge in [0.1, 0.15) is 5.75 Å². The van der Waals surface area contributed by atoms with Gasteiger partial charge in [-0.2, -0.15) is 0 Å². The maximum atomic E-state index is 13.6. The molecule has 1 saturated carbocycles. The molecule has 2 atom stereocenters. The number of benzene rings is 2. The Morgan fingerprint density at radius 3 is 2.54 bits per heavy atom. The summed E-state index contributed by atoms with van der Waals surface area (Å²) in [6, 6.07) is 11.7. The number of nitrogens with one attached hydrogen (secondary N) is 1. The topological polar surface area (TPSA) is 54.6 Å². The van der Waals surface area contributed by atoms with Crippen LogP contribution in [0.15, 0.2) is 42.6 Å². The van der Waals surface area contributed by atoms with Gasteiger partial charge in [0.25, 0.3) is 0 Å². The number of fused-ring (bicyclic) bond motifs is 1. The van der Waals surface area contributed by atoms with E-state index in [2.05, 4.69) is 28.9 Å². The smallest absolute Gasteiger partial charge is 0.337 e. The quantitative estimate of drug-likeness (QED) is 0.421. The fourth-order valence-corrected chi connectivity index (χ4v) is 5.99. The Bertz CT molecular complexity index is 1210. The number of likely N-dealkylation sites (tertiary alicyclic amines) is 1. The van der Waals surface area contributed by atoms with E-state index in [0.29, 0.717) is 12.1 Å². The predicted molar refractivity (Wildman–Crippen MR) is 131 cm³/mol. The normalized spacial score (nSPS) is 22.7. The molecule has 2 heterocycles. The number of hydrogen-bond acceptors (Lipinski definition) is 4. The molecule has 5 rings (SSSR count). The van der Waals surface area contributed by atoms with Gasteiger partial charge in [0.05, 0.1) is 19.8 Å². The lowest BCUT2D eigenvalue weighted by atomic mass is 9.68. The fraction of sp³-hybridized carbons (Fsp3) is 0.464. The molecule has 0 bridgehead atoms. The first-order valence-electron chi connectivity index (χ1n) is 12.2. The van der Waals surface area contributed by atoms with Crippen LogP contribution in [-0.4, -0.2) is 42.5 Å². The third kappa shape index (κ3) is 4.54. The Labute approximate surface area is 204 Å². The number of carbonyl (C=O) groups excluding carboxylic acids is 1. The first-order valence-corrected chi connectivity index (χ1v) is 12.2. The number of aromatic nitrogens is 1. The van der Waals surface area contributed by atoms with Crippen molar-refractivity contribution in [2.45, 2.75) is 51.1 Å². The summed E-state index contributed by atoms with van der Waals surface area (Å²) >= 11 is 0. The second kappa shape index (κ2) is 9.26. The van der Waals surface area contributed by atoms with Crippen molar-refractivity contribution in [3.05, 3.63) is 64.8 Å². The van der Waals surface area contributed by atoms with Crippen LogP contribution in [0.1, 0.15) is 58.8 Å². The van der Waals surface area contributed by atoms with Gasteiger partial charge in [-0.25, -0.2) is 13.6 Å². The molecular formula is C28H32F2N2O3. The van der Waals surface area contributed by atoms with Gasteiger partial charge in [-0.05, 0) is 73.5 Å². The molecule has 0 spiro atoms. The minimum absolute atomic E-state index is 0.00141. The number of nitrogens with zero attached hydrogens (tertiary/aromatic N) is 1. The van der Waals surface area contributed by atoms with E-state index < -0.39 is 5.92 Å². The second-order valence-corrected chi connectivity index (χ2v) is 10.0. The molecule has 3 aromatic rings. The summed E-state index contributed by atoms with van der Waals surface area (Å²) in [4.78, 5) is 17.7. The van der Waals surface area contributed by atoms with Crippen LogP contribution in [0.4, 0.5) is 8.78 Å². The van der Waals surface area contributed by atoms with E-state index in [9.17, 15) is 13.6 Å². The third-order valence-electron chi connectivity index (χ3n) is 7.95. The Morgan fingerprint density at radius 1 is 1.14 bits per heavy atom. The number of alkyl halides is 2. The van der Waals surface area contributed by atoms with Gasteiger partial charge in [0, 0.05) is 48.1 Å². The van der Waals surface area contributed by atoms with Crippen molar-refractivity contribution in [1.82, 2.24) is 9.88 Å². The molecule has 0 radical (unpaired) electrons. The number of methoxy groups -OCH3 is 2. The van der Waals surface area contributed by atoms with Gasteiger partial charge in [0.2, 0.25) is 5.92 Å². The van der Waals surface area contributed by atoms with Crippen LogP contribution in [0.25, 0.3) is 10.9 Å². The molecule has 0 unspecified atom stereocenters. The number of rotatable bonds is 6. The molecular weight excluding hydrogens is 450 g/mol. The molecule has 7 heteroatoms. The van der Waals surface area contributed by atoms with Gasteiger partial charge in [0.15, 0.2) is 0 Å². The molecule has 2 aliphatic rings. The summed E-state index contributed by atoms with van der Waals surface area (Å²) < 4.78 is 37.9. The molecule has 2 fully saturated rings. The monoisotopic (exact) mass is 482 g/mol. The third-order valence-corrected chi connectivity index (χ3v) is 7.95. The number of piperidine rings is 1. The van der Waals surface area contributed by atoms with Crippen LogP contribution in [0.2, 0.25) is 0 Å². The number of esters is 1. The standard InChI is InChI=1S/C28H32F2N2O3/c1-17-12-25(34-2)23(22-8-10-31-26(17)22)16-32-11-9-20(21-14-28(29,30)15-21)13-24(32)18-4-6-19(7-5-18)27(33)35-3/h4-8,10,12,20-21,24,31H,9,11,13-16H2,1-3H3/t20-,24-/m0/s1. The first kappa shape index (κ1) is 23.8. The number of hydrogen-bond donors (Lipinski definition) is 1. The number of halogens is 2. The van der Waals surface area contributed by atoms with Crippen LogP contribution in [0.5, 0.6) is 5.75 Å². The van der Waals surface area contributed by atoms with Crippen LogP contribution in [0.3, 0.4) is 0 Å². The van der Waals surface area contributed by atoms with Gasteiger partial charge >= 0.3 is 5.97 Å². The summed E-state index contributed by atoms with van der Waals surface area (Å²) in [5, 5.41) is 1.14. The van der Waals surface area contributed by atoms with Gasteiger partial charge in [-0.3, -0.25) is 4.90 Å². The highest BCUT2D eigenvalue weighted by atomic mass is 19.3. The number of aryl methyl sites for hydroxylation is 1. The highest BCUT2D eigenvalue weighted by molar-refractivity contribution is 5.89. The zero-order chi connectivity index (χ0) is 24.7. The van der Waals surface area contributed by atoms with Gasteiger partial charge < -0.3 is 14.5 Å². The molecule has 1 aliphatic heterocycles. The zero-order valence-electron chi connectivity index (χ0n) is 20.4. The lowest BCUT2D eigenvalue weighted by Gasteiger charge is -2.47. The second-order valence-electron chi connectivity index (χ2n) is 10.0. The number of H-pyrrole nitrogens is 1. The van der Waals surface area contributed by atoms with Crippen LogP contribution in [-0.2, 0) is 11.3 Å². The Kier molecular flexibility index (Phi) is 6.30. The van der Waals surface area contributed by atoms with Crippen molar-refractivity contribution < 1.29 is 23.0 Å². The summed E-state index contributed by atoms with van der Waals surface area (Å²) in [5.74, 6) is -1.67. The fourth-order valence-electron chi connectivity index (χ4n) is 5.99.